The smallest absolute Gasteiger partial charge is 0.286 e. The molecule has 190 valence electrons. The predicted octanol–water partition coefficient (Wildman–Crippen LogP) is 2.97. The molecule has 2 heterocycles. The first-order chi connectivity index (χ1) is 16.4. The minimum Gasteiger partial charge on any atom is -0.511 e. The van der Waals surface area contributed by atoms with Crippen LogP contribution in [0.4, 0.5) is 11.4 Å². The Morgan fingerprint density at radius 1 is 1.26 bits per heavy atom. The maximum atomic E-state index is 13.6. The van der Waals surface area contributed by atoms with E-state index in [1.165, 1.54) is 31.0 Å². The van der Waals surface area contributed by atoms with Crippen LogP contribution >= 0.6 is 0 Å². The fraction of sp³-hybridized carbons (Fsp3) is 0.565. The van der Waals surface area contributed by atoms with Gasteiger partial charge in [0.25, 0.3) is 15.9 Å². The second-order valence-electron chi connectivity index (χ2n) is 10.4. The number of sulfonamides is 2. The van der Waals surface area contributed by atoms with Gasteiger partial charge in [0.1, 0.15) is 16.2 Å². The Morgan fingerprint density at radius 2 is 1.97 bits per heavy atom. The molecule has 1 amide bonds. The van der Waals surface area contributed by atoms with Crippen LogP contribution in [0.1, 0.15) is 51.9 Å². The standard InChI is InChI=1S/C23H30N4O6S2/c1-23(11-10-14-6-7-14)13-27(16-4-3-5-16)22(29)19(20(23)28)21-24-17-9-8-15(25-34(2,30)31)12-18(17)35(32,33)26-21/h8-9,12,14,16,25,28H,3-7,10-11,13H2,1-2H3,(H,24,26). The van der Waals surface area contributed by atoms with E-state index in [4.69, 9.17) is 0 Å². The molecule has 2 aliphatic carbocycles. The number of nitrogens with zero attached hydrogens (tertiary/aromatic N) is 2. The first kappa shape index (κ1) is 24.1. The molecule has 0 radical (unpaired) electrons. The molecule has 0 aromatic heterocycles. The first-order valence-corrected chi connectivity index (χ1v) is 15.2. The number of hydrogen-bond donors (Lipinski definition) is 3. The average Bonchev–Trinajstić information content (AvgIpc) is 3.53. The number of carbonyl (C=O) groups excluding carboxylic acids is 1. The Kier molecular flexibility index (Phi) is 5.67. The summed E-state index contributed by atoms with van der Waals surface area (Å²) < 4.78 is 55.4. The number of rotatable bonds is 7. The Bertz CT molecular complexity index is 1360. The number of aliphatic hydroxyl groups excluding tert-OH is 1. The molecule has 12 heteroatoms. The monoisotopic (exact) mass is 522 g/mol. The van der Waals surface area contributed by atoms with E-state index in [-0.39, 0.29) is 39.5 Å². The molecule has 2 fully saturated rings. The molecule has 0 saturated heterocycles. The van der Waals surface area contributed by atoms with E-state index in [2.05, 4.69) is 14.4 Å². The van der Waals surface area contributed by atoms with Crippen molar-refractivity contribution in [3.8, 4) is 0 Å². The summed E-state index contributed by atoms with van der Waals surface area (Å²) in [7, 11) is -7.88. The van der Waals surface area contributed by atoms with E-state index in [9.17, 15) is 26.7 Å². The summed E-state index contributed by atoms with van der Waals surface area (Å²) in [6, 6.07) is 4.08. The molecule has 1 atom stereocenters. The second kappa shape index (κ2) is 8.22. The number of hydrogen-bond acceptors (Lipinski definition) is 7. The lowest BCUT2D eigenvalue weighted by molar-refractivity contribution is -0.134. The van der Waals surface area contributed by atoms with Crippen molar-refractivity contribution in [1.82, 2.24) is 4.90 Å². The van der Waals surface area contributed by atoms with Crippen molar-refractivity contribution in [1.29, 1.82) is 0 Å². The van der Waals surface area contributed by atoms with Crippen LogP contribution in [-0.4, -0.2) is 57.4 Å². The van der Waals surface area contributed by atoms with Crippen LogP contribution in [0.3, 0.4) is 0 Å². The molecule has 0 spiro atoms. The van der Waals surface area contributed by atoms with Gasteiger partial charge < -0.3 is 15.3 Å². The van der Waals surface area contributed by atoms with Crippen molar-refractivity contribution in [3.05, 3.63) is 29.5 Å². The Morgan fingerprint density at radius 3 is 2.57 bits per heavy atom. The normalized spacial score (nSPS) is 26.5. The van der Waals surface area contributed by atoms with Crippen LogP contribution in [0.25, 0.3) is 0 Å². The average molecular weight is 523 g/mol. The van der Waals surface area contributed by atoms with Crippen molar-refractivity contribution >= 4 is 43.2 Å². The summed E-state index contributed by atoms with van der Waals surface area (Å²) in [6.07, 6.45) is 7.76. The van der Waals surface area contributed by atoms with E-state index in [0.29, 0.717) is 18.9 Å². The fourth-order valence-corrected chi connectivity index (χ4v) is 6.65. The van der Waals surface area contributed by atoms with Crippen molar-refractivity contribution in [3.63, 3.8) is 0 Å². The van der Waals surface area contributed by atoms with Gasteiger partial charge >= 0.3 is 0 Å². The van der Waals surface area contributed by atoms with Crippen LogP contribution < -0.4 is 10.0 Å². The molecule has 1 aromatic carbocycles. The summed E-state index contributed by atoms with van der Waals surface area (Å²) in [6.45, 7) is 2.33. The van der Waals surface area contributed by atoms with Crippen LogP contribution in [0.2, 0.25) is 0 Å². The highest BCUT2D eigenvalue weighted by Gasteiger charge is 2.48. The zero-order valence-electron chi connectivity index (χ0n) is 19.7. The molecular formula is C23H30N4O6S2. The maximum Gasteiger partial charge on any atom is 0.286 e. The summed E-state index contributed by atoms with van der Waals surface area (Å²) in [5.74, 6) is -0.106. The molecular weight excluding hydrogens is 492 g/mol. The molecule has 1 aromatic rings. The summed E-state index contributed by atoms with van der Waals surface area (Å²) in [4.78, 5) is 15.1. The van der Waals surface area contributed by atoms with Crippen molar-refractivity contribution in [2.75, 3.05) is 22.8 Å². The molecule has 0 bridgehead atoms. The third-order valence-electron chi connectivity index (χ3n) is 7.38. The molecule has 2 aliphatic heterocycles. The third-order valence-corrected chi connectivity index (χ3v) is 9.31. The van der Waals surface area contributed by atoms with E-state index in [1.54, 1.807) is 4.90 Å². The third kappa shape index (κ3) is 4.65. The molecule has 3 N–H and O–H groups in total. The molecule has 5 rings (SSSR count). The van der Waals surface area contributed by atoms with Gasteiger partial charge in [-0.25, -0.2) is 8.42 Å². The van der Waals surface area contributed by atoms with Crippen LogP contribution in [-0.2, 0) is 24.8 Å². The number of aliphatic hydroxyl groups is 1. The summed E-state index contributed by atoms with van der Waals surface area (Å²) in [5.41, 5.74) is -0.564. The number of amides is 1. The highest BCUT2D eigenvalue weighted by molar-refractivity contribution is 7.92. The van der Waals surface area contributed by atoms with E-state index >= 15 is 0 Å². The van der Waals surface area contributed by atoms with Gasteiger partial charge in [0.2, 0.25) is 10.0 Å². The lowest BCUT2D eigenvalue weighted by atomic mass is 9.75. The number of amidine groups is 1. The van der Waals surface area contributed by atoms with Gasteiger partial charge in [0.05, 0.1) is 11.9 Å². The van der Waals surface area contributed by atoms with Crippen LogP contribution in [0, 0.1) is 11.3 Å². The van der Waals surface area contributed by atoms with E-state index < -0.39 is 31.4 Å². The van der Waals surface area contributed by atoms with Crippen molar-refractivity contribution < 1.29 is 26.7 Å². The highest BCUT2D eigenvalue weighted by Crippen LogP contribution is 2.45. The summed E-state index contributed by atoms with van der Waals surface area (Å²) >= 11 is 0. The van der Waals surface area contributed by atoms with Gasteiger partial charge in [-0.1, -0.05) is 19.8 Å². The first-order valence-electron chi connectivity index (χ1n) is 11.9. The minimum absolute atomic E-state index is 0.0727. The van der Waals surface area contributed by atoms with Crippen LogP contribution in [0.5, 0.6) is 0 Å². The van der Waals surface area contributed by atoms with Gasteiger partial charge in [0.15, 0.2) is 5.84 Å². The molecule has 35 heavy (non-hydrogen) atoms. The van der Waals surface area contributed by atoms with Gasteiger partial charge in [-0.15, -0.1) is 4.40 Å². The number of anilines is 2. The second-order valence-corrected chi connectivity index (χ2v) is 13.7. The van der Waals surface area contributed by atoms with Crippen molar-refractivity contribution in [2.24, 2.45) is 15.7 Å². The lowest BCUT2D eigenvalue weighted by Gasteiger charge is -2.47. The quantitative estimate of drug-likeness (QED) is 0.499. The van der Waals surface area contributed by atoms with Crippen LogP contribution in [0.15, 0.2) is 38.8 Å². The number of carbonyl (C=O) groups is 1. The van der Waals surface area contributed by atoms with E-state index in [1.807, 2.05) is 6.92 Å². The number of benzene rings is 1. The molecule has 4 aliphatic rings. The largest absolute Gasteiger partial charge is 0.511 e. The van der Waals surface area contributed by atoms with Gasteiger partial charge in [0, 0.05) is 23.7 Å². The minimum atomic E-state index is -4.27. The zero-order valence-corrected chi connectivity index (χ0v) is 21.4. The van der Waals surface area contributed by atoms with E-state index in [0.717, 1.165) is 31.9 Å². The van der Waals surface area contributed by atoms with Gasteiger partial charge in [-0.05, 0) is 56.2 Å². The Labute approximate surface area is 205 Å². The number of nitrogens with one attached hydrogen (secondary N) is 2. The molecule has 1 unspecified atom stereocenters. The topological polar surface area (TPSA) is 145 Å². The summed E-state index contributed by atoms with van der Waals surface area (Å²) in [5, 5.41) is 14.3. The molecule has 10 nitrogen and oxygen atoms in total. The van der Waals surface area contributed by atoms with Crippen molar-refractivity contribution in [2.45, 2.75) is 62.8 Å². The zero-order chi connectivity index (χ0) is 25.2. The Balaban J connectivity index is 1.54. The SMILES string of the molecule is CC1(CCC2CC2)CN(C2CCC2)C(=O)C(C2=NS(=O)(=O)c3cc(NS(C)(=O)=O)ccc3N2)=C1O. The predicted molar refractivity (Wildman–Crippen MR) is 132 cm³/mol. The van der Waals surface area contributed by atoms with Gasteiger partial charge in [-0.2, -0.15) is 8.42 Å². The maximum absolute atomic E-state index is 13.6. The number of fused-ring (bicyclic) bond motifs is 1. The Hall–Kier alpha value is -2.60. The highest BCUT2D eigenvalue weighted by atomic mass is 32.2. The fourth-order valence-electron chi connectivity index (χ4n) is 4.95. The lowest BCUT2D eigenvalue weighted by Crippen LogP contribution is -2.55. The van der Waals surface area contributed by atoms with Gasteiger partial charge in [-0.3, -0.25) is 9.52 Å². The molecule has 2 saturated carbocycles.